The highest BCUT2D eigenvalue weighted by atomic mass is 35.5. The molecule has 0 bridgehead atoms. The van der Waals surface area contributed by atoms with E-state index in [1.54, 1.807) is 0 Å². The Hall–Kier alpha value is -0.610. The first kappa shape index (κ1) is 16.8. The third kappa shape index (κ3) is 4.43. The van der Waals surface area contributed by atoms with Gasteiger partial charge < -0.3 is 10.6 Å². The quantitative estimate of drug-likeness (QED) is 0.840. The Balaban J connectivity index is 1.80. The van der Waals surface area contributed by atoms with E-state index in [0.717, 1.165) is 42.7 Å². The van der Waals surface area contributed by atoms with Crippen molar-refractivity contribution in [1.29, 1.82) is 0 Å². The number of halogens is 1. The molecule has 21 heavy (non-hydrogen) atoms. The number of rotatable bonds is 7. The fourth-order valence-corrected chi connectivity index (χ4v) is 3.58. The second-order valence-corrected chi connectivity index (χ2v) is 6.29. The molecule has 1 aliphatic heterocycles. The molecule has 2 atom stereocenters. The summed E-state index contributed by atoms with van der Waals surface area (Å²) >= 11 is 6.22. The van der Waals surface area contributed by atoms with Crippen LogP contribution in [0.1, 0.15) is 38.3 Å². The molecule has 1 heterocycles. The predicted octanol–water partition coefficient (Wildman–Crippen LogP) is 3.15. The van der Waals surface area contributed by atoms with E-state index < -0.39 is 0 Å². The molecule has 2 unspecified atom stereocenters. The van der Waals surface area contributed by atoms with Crippen molar-refractivity contribution in [2.24, 2.45) is 5.73 Å². The zero-order chi connectivity index (χ0) is 15.2. The molecule has 0 spiro atoms. The van der Waals surface area contributed by atoms with Gasteiger partial charge in [-0.05, 0) is 44.1 Å². The number of nitrogens with zero attached hydrogens (tertiary/aromatic N) is 2. The lowest BCUT2D eigenvalue weighted by Crippen LogP contribution is -2.37. The van der Waals surface area contributed by atoms with Crippen LogP contribution in [-0.2, 0) is 0 Å². The second-order valence-electron chi connectivity index (χ2n) is 5.88. The van der Waals surface area contributed by atoms with Gasteiger partial charge in [0.15, 0.2) is 0 Å². The maximum atomic E-state index is 6.30. The van der Waals surface area contributed by atoms with Crippen LogP contribution in [0.2, 0.25) is 5.02 Å². The van der Waals surface area contributed by atoms with Crippen LogP contribution in [0.25, 0.3) is 0 Å². The Labute approximate surface area is 134 Å². The van der Waals surface area contributed by atoms with Crippen LogP contribution >= 0.6 is 11.6 Å². The highest BCUT2D eigenvalue weighted by molar-refractivity contribution is 6.31. The summed E-state index contributed by atoms with van der Waals surface area (Å²) in [5.41, 5.74) is 7.37. The van der Waals surface area contributed by atoms with Crippen molar-refractivity contribution < 1.29 is 0 Å². The lowest BCUT2D eigenvalue weighted by atomic mass is 10.0. The summed E-state index contributed by atoms with van der Waals surface area (Å²) in [6, 6.07) is 8.67. The molecule has 3 nitrogen and oxygen atoms in total. The molecule has 1 aromatic rings. The van der Waals surface area contributed by atoms with Crippen molar-refractivity contribution in [2.75, 3.05) is 32.7 Å². The van der Waals surface area contributed by atoms with Gasteiger partial charge in [0.05, 0.1) is 0 Å². The zero-order valence-electron chi connectivity index (χ0n) is 13.3. The summed E-state index contributed by atoms with van der Waals surface area (Å²) < 4.78 is 0. The number of likely N-dealkylation sites (tertiary alicyclic amines) is 1. The first-order valence-electron chi connectivity index (χ1n) is 8.12. The molecule has 2 N–H and O–H groups in total. The molecule has 0 saturated carbocycles. The normalized spacial score (nSPS) is 21.1. The molecule has 0 amide bonds. The smallest absolute Gasteiger partial charge is 0.0453 e. The summed E-state index contributed by atoms with van der Waals surface area (Å²) in [5, 5.41) is 0.785. The number of likely N-dealkylation sites (N-methyl/N-ethyl adjacent to an activating group) is 1. The molecule has 2 rings (SSSR count). The standard InChI is InChI=1S/C17H28ClN3/c1-3-21(4-2)14-9-11-20(13-14)12-10-17(19)15-7-5-6-8-16(15)18/h5-8,14,17H,3-4,9-13,19H2,1-2H3. The Kier molecular flexibility index (Phi) is 6.49. The summed E-state index contributed by atoms with van der Waals surface area (Å²) in [4.78, 5) is 5.10. The Bertz CT molecular complexity index is 434. The van der Waals surface area contributed by atoms with E-state index in [-0.39, 0.29) is 6.04 Å². The van der Waals surface area contributed by atoms with Crippen LogP contribution in [0.15, 0.2) is 24.3 Å². The van der Waals surface area contributed by atoms with E-state index in [0.29, 0.717) is 0 Å². The minimum absolute atomic E-state index is 0.0335. The molecule has 1 fully saturated rings. The Morgan fingerprint density at radius 1 is 1.33 bits per heavy atom. The molecule has 0 aliphatic carbocycles. The minimum atomic E-state index is 0.0335. The number of benzene rings is 1. The van der Waals surface area contributed by atoms with Gasteiger partial charge in [-0.3, -0.25) is 4.90 Å². The first-order chi connectivity index (χ1) is 10.2. The van der Waals surface area contributed by atoms with E-state index in [4.69, 9.17) is 17.3 Å². The topological polar surface area (TPSA) is 32.5 Å². The molecule has 1 aliphatic rings. The molecular weight excluding hydrogens is 282 g/mol. The van der Waals surface area contributed by atoms with Crippen LogP contribution in [0.5, 0.6) is 0 Å². The van der Waals surface area contributed by atoms with E-state index in [1.807, 2.05) is 24.3 Å². The first-order valence-corrected chi connectivity index (χ1v) is 8.49. The van der Waals surface area contributed by atoms with Crippen molar-refractivity contribution in [3.05, 3.63) is 34.9 Å². The van der Waals surface area contributed by atoms with Gasteiger partial charge in [0.2, 0.25) is 0 Å². The van der Waals surface area contributed by atoms with Gasteiger partial charge in [0.25, 0.3) is 0 Å². The van der Waals surface area contributed by atoms with E-state index in [1.165, 1.54) is 19.5 Å². The van der Waals surface area contributed by atoms with Gasteiger partial charge in [-0.2, -0.15) is 0 Å². The van der Waals surface area contributed by atoms with E-state index in [2.05, 4.69) is 23.6 Å². The maximum absolute atomic E-state index is 6.30. The fourth-order valence-electron chi connectivity index (χ4n) is 3.31. The van der Waals surface area contributed by atoms with Crippen LogP contribution in [-0.4, -0.2) is 48.6 Å². The summed E-state index contributed by atoms with van der Waals surface area (Å²) in [6.07, 6.45) is 2.25. The Morgan fingerprint density at radius 3 is 2.71 bits per heavy atom. The minimum Gasteiger partial charge on any atom is -0.324 e. The monoisotopic (exact) mass is 309 g/mol. The molecule has 1 saturated heterocycles. The molecule has 0 aromatic heterocycles. The fraction of sp³-hybridized carbons (Fsp3) is 0.647. The van der Waals surface area contributed by atoms with Crippen LogP contribution in [0, 0.1) is 0 Å². The van der Waals surface area contributed by atoms with Crippen LogP contribution in [0.4, 0.5) is 0 Å². The maximum Gasteiger partial charge on any atom is 0.0453 e. The van der Waals surface area contributed by atoms with Gasteiger partial charge in [-0.15, -0.1) is 0 Å². The highest BCUT2D eigenvalue weighted by Gasteiger charge is 2.26. The van der Waals surface area contributed by atoms with Gasteiger partial charge in [-0.1, -0.05) is 43.6 Å². The van der Waals surface area contributed by atoms with Gasteiger partial charge in [0.1, 0.15) is 0 Å². The third-order valence-electron chi connectivity index (χ3n) is 4.64. The average Bonchev–Trinajstić information content (AvgIpc) is 2.95. The van der Waals surface area contributed by atoms with E-state index in [9.17, 15) is 0 Å². The molecule has 4 heteroatoms. The molecular formula is C17H28ClN3. The van der Waals surface area contributed by atoms with Gasteiger partial charge >= 0.3 is 0 Å². The van der Waals surface area contributed by atoms with Gasteiger partial charge in [-0.25, -0.2) is 0 Å². The largest absolute Gasteiger partial charge is 0.324 e. The van der Waals surface area contributed by atoms with Crippen molar-refractivity contribution >= 4 is 11.6 Å². The summed E-state index contributed by atoms with van der Waals surface area (Å²) in [6.45, 7) is 10.2. The molecule has 0 radical (unpaired) electrons. The highest BCUT2D eigenvalue weighted by Crippen LogP contribution is 2.24. The lowest BCUT2D eigenvalue weighted by molar-refractivity contribution is 0.209. The average molecular weight is 310 g/mol. The lowest BCUT2D eigenvalue weighted by Gasteiger charge is -2.26. The number of nitrogens with two attached hydrogens (primary N) is 1. The van der Waals surface area contributed by atoms with Crippen LogP contribution < -0.4 is 5.73 Å². The van der Waals surface area contributed by atoms with E-state index >= 15 is 0 Å². The zero-order valence-corrected chi connectivity index (χ0v) is 14.0. The summed E-state index contributed by atoms with van der Waals surface area (Å²) in [5.74, 6) is 0. The van der Waals surface area contributed by atoms with Crippen molar-refractivity contribution in [3.8, 4) is 0 Å². The van der Waals surface area contributed by atoms with Crippen molar-refractivity contribution in [2.45, 2.75) is 38.8 Å². The van der Waals surface area contributed by atoms with Crippen molar-refractivity contribution in [3.63, 3.8) is 0 Å². The number of hydrogen-bond acceptors (Lipinski definition) is 3. The Morgan fingerprint density at radius 2 is 2.05 bits per heavy atom. The van der Waals surface area contributed by atoms with Crippen LogP contribution in [0.3, 0.4) is 0 Å². The number of hydrogen-bond donors (Lipinski definition) is 1. The summed E-state index contributed by atoms with van der Waals surface area (Å²) in [7, 11) is 0. The third-order valence-corrected chi connectivity index (χ3v) is 4.98. The second kappa shape index (κ2) is 8.14. The molecule has 118 valence electrons. The SMILES string of the molecule is CCN(CC)C1CCN(CCC(N)c2ccccc2Cl)C1. The van der Waals surface area contributed by atoms with Gasteiger partial charge in [0, 0.05) is 30.2 Å². The molecule has 1 aromatic carbocycles. The van der Waals surface area contributed by atoms with Crippen molar-refractivity contribution in [1.82, 2.24) is 9.80 Å². The predicted molar refractivity (Wildman–Crippen MR) is 90.8 cm³/mol.